The lowest BCUT2D eigenvalue weighted by Crippen LogP contribution is -2.35. The number of hydrogen-bond acceptors (Lipinski definition) is 2. The topological polar surface area (TPSA) is 35.2 Å². The Morgan fingerprint density at radius 1 is 1.08 bits per heavy atom. The van der Waals surface area contributed by atoms with Crippen molar-refractivity contribution < 1.29 is 4.84 Å². The van der Waals surface area contributed by atoms with Gasteiger partial charge in [0.2, 0.25) is 0 Å². The van der Waals surface area contributed by atoms with Crippen LogP contribution < -0.4 is 5.90 Å². The van der Waals surface area contributed by atoms with Gasteiger partial charge in [-0.3, -0.25) is 0 Å². The monoisotopic (exact) mass is 183 g/mol. The van der Waals surface area contributed by atoms with Gasteiger partial charge < -0.3 is 4.84 Å². The summed E-state index contributed by atoms with van der Waals surface area (Å²) < 4.78 is 0. The molecule has 2 aliphatic carbocycles. The van der Waals surface area contributed by atoms with E-state index in [1.165, 1.54) is 44.9 Å². The fraction of sp³-hybridized carbons (Fsp3) is 1.00. The van der Waals surface area contributed by atoms with Gasteiger partial charge in [-0.05, 0) is 31.1 Å². The Balaban J connectivity index is 2.04. The first-order valence-corrected chi connectivity index (χ1v) is 5.54. The van der Waals surface area contributed by atoms with Gasteiger partial charge >= 0.3 is 0 Å². The first-order chi connectivity index (χ1) is 6.22. The highest BCUT2D eigenvalue weighted by atomic mass is 16.6. The Labute approximate surface area is 80.8 Å². The molecule has 0 unspecified atom stereocenters. The van der Waals surface area contributed by atoms with Crippen LogP contribution in [-0.2, 0) is 4.84 Å². The van der Waals surface area contributed by atoms with Crippen molar-refractivity contribution in [2.45, 2.75) is 51.9 Å². The van der Waals surface area contributed by atoms with Gasteiger partial charge in [0, 0.05) is 5.41 Å². The van der Waals surface area contributed by atoms with Gasteiger partial charge in [0.05, 0.1) is 6.61 Å². The molecule has 76 valence electrons. The van der Waals surface area contributed by atoms with Crippen molar-refractivity contribution in [2.24, 2.45) is 16.7 Å². The summed E-state index contributed by atoms with van der Waals surface area (Å²) in [5.74, 6) is 5.22. The third-order valence-electron chi connectivity index (χ3n) is 4.45. The minimum Gasteiger partial charge on any atom is -0.304 e. The van der Waals surface area contributed by atoms with E-state index in [9.17, 15) is 0 Å². The maximum atomic E-state index is 5.22. The highest BCUT2D eigenvalue weighted by Gasteiger charge is 2.56. The zero-order valence-electron chi connectivity index (χ0n) is 8.64. The third-order valence-corrected chi connectivity index (χ3v) is 4.45. The highest BCUT2D eigenvalue weighted by molar-refractivity contribution is 5.05. The minimum atomic E-state index is 0.460. The van der Waals surface area contributed by atoms with Crippen LogP contribution in [0.25, 0.3) is 0 Å². The number of nitrogens with two attached hydrogens (primary N) is 1. The molecule has 0 radical (unpaired) electrons. The summed E-state index contributed by atoms with van der Waals surface area (Å²) in [6, 6.07) is 0. The molecule has 13 heavy (non-hydrogen) atoms. The average molecular weight is 183 g/mol. The molecule has 0 aliphatic heterocycles. The molecule has 0 aromatic rings. The smallest absolute Gasteiger partial charge is 0.0740 e. The zero-order chi connectivity index (χ0) is 9.36. The lowest BCUT2D eigenvalue weighted by molar-refractivity contribution is 0.00392. The van der Waals surface area contributed by atoms with Crippen LogP contribution in [0.15, 0.2) is 0 Å². The van der Waals surface area contributed by atoms with Crippen molar-refractivity contribution in [2.75, 3.05) is 6.61 Å². The lowest BCUT2D eigenvalue weighted by Gasteiger charge is -2.41. The van der Waals surface area contributed by atoms with E-state index in [-0.39, 0.29) is 0 Å². The highest BCUT2D eigenvalue weighted by Crippen LogP contribution is 2.63. The van der Waals surface area contributed by atoms with Crippen molar-refractivity contribution in [1.29, 1.82) is 0 Å². The molecule has 0 spiro atoms. The molecule has 0 saturated heterocycles. The summed E-state index contributed by atoms with van der Waals surface area (Å²) >= 11 is 0. The van der Waals surface area contributed by atoms with Gasteiger partial charge in [-0.2, -0.15) is 0 Å². The van der Waals surface area contributed by atoms with Crippen molar-refractivity contribution in [3.63, 3.8) is 0 Å². The minimum absolute atomic E-state index is 0.460. The molecular weight excluding hydrogens is 162 g/mol. The van der Waals surface area contributed by atoms with Gasteiger partial charge in [-0.15, -0.1) is 0 Å². The lowest BCUT2D eigenvalue weighted by atomic mass is 9.65. The summed E-state index contributed by atoms with van der Waals surface area (Å²) in [6.45, 7) is 3.22. The van der Waals surface area contributed by atoms with E-state index in [2.05, 4.69) is 6.92 Å². The second-order valence-electron chi connectivity index (χ2n) is 5.21. The molecule has 0 atom stereocenters. The molecule has 0 aromatic heterocycles. The molecular formula is C11H21NO. The van der Waals surface area contributed by atoms with E-state index in [0.29, 0.717) is 10.8 Å². The molecule has 0 amide bonds. The van der Waals surface area contributed by atoms with Gasteiger partial charge in [0.1, 0.15) is 0 Å². The molecule has 2 fully saturated rings. The second kappa shape index (κ2) is 3.25. The molecule has 0 aromatic carbocycles. The van der Waals surface area contributed by atoms with Crippen LogP contribution in [0.5, 0.6) is 0 Å². The van der Waals surface area contributed by atoms with Crippen LogP contribution in [0.3, 0.4) is 0 Å². The Morgan fingerprint density at radius 2 is 1.69 bits per heavy atom. The van der Waals surface area contributed by atoms with Crippen molar-refractivity contribution >= 4 is 0 Å². The Hall–Kier alpha value is -0.0800. The normalized spacial score (nSPS) is 30.0. The maximum absolute atomic E-state index is 5.22. The Morgan fingerprint density at radius 3 is 2.15 bits per heavy atom. The maximum Gasteiger partial charge on any atom is 0.0740 e. The quantitative estimate of drug-likeness (QED) is 0.683. The molecule has 2 rings (SSSR count). The second-order valence-corrected chi connectivity index (χ2v) is 5.21. The van der Waals surface area contributed by atoms with Crippen LogP contribution in [0, 0.1) is 10.8 Å². The predicted molar refractivity (Wildman–Crippen MR) is 53.0 cm³/mol. The van der Waals surface area contributed by atoms with Crippen LogP contribution in [0.2, 0.25) is 0 Å². The Kier molecular flexibility index (Phi) is 2.37. The third kappa shape index (κ3) is 1.50. The summed E-state index contributed by atoms with van der Waals surface area (Å²) in [5.41, 5.74) is 0.993. The Bertz CT molecular complexity index is 181. The standard InChI is InChI=1S/C11H21NO/c1-10(5-3-2-4-6-10)11(7-8-11)9-13-12/h2-9,12H2,1H3. The van der Waals surface area contributed by atoms with Crippen LogP contribution in [0.1, 0.15) is 51.9 Å². The van der Waals surface area contributed by atoms with Crippen molar-refractivity contribution in [3.05, 3.63) is 0 Å². The first-order valence-electron chi connectivity index (χ1n) is 5.54. The zero-order valence-corrected chi connectivity index (χ0v) is 8.64. The number of hydrogen-bond donors (Lipinski definition) is 1. The molecule has 0 heterocycles. The molecule has 2 heteroatoms. The van der Waals surface area contributed by atoms with Gasteiger partial charge in [-0.1, -0.05) is 26.2 Å². The molecule has 2 N–H and O–H groups in total. The van der Waals surface area contributed by atoms with E-state index >= 15 is 0 Å². The van der Waals surface area contributed by atoms with Crippen LogP contribution in [-0.4, -0.2) is 6.61 Å². The SMILES string of the molecule is CC1(C2(CON)CC2)CCCCC1. The first kappa shape index (κ1) is 9.47. The van der Waals surface area contributed by atoms with E-state index in [0.717, 1.165) is 6.61 Å². The fourth-order valence-electron chi connectivity index (χ4n) is 3.09. The molecule has 0 bridgehead atoms. The van der Waals surface area contributed by atoms with Gasteiger partial charge in [0.15, 0.2) is 0 Å². The molecule has 2 saturated carbocycles. The van der Waals surface area contributed by atoms with E-state index in [4.69, 9.17) is 10.7 Å². The largest absolute Gasteiger partial charge is 0.304 e. The summed E-state index contributed by atoms with van der Waals surface area (Å²) in [5, 5.41) is 0. The average Bonchev–Trinajstić information content (AvgIpc) is 2.88. The van der Waals surface area contributed by atoms with Crippen LogP contribution in [0.4, 0.5) is 0 Å². The fourth-order valence-corrected chi connectivity index (χ4v) is 3.09. The van der Waals surface area contributed by atoms with Crippen molar-refractivity contribution in [3.8, 4) is 0 Å². The summed E-state index contributed by atoms with van der Waals surface area (Å²) in [4.78, 5) is 4.89. The van der Waals surface area contributed by atoms with Crippen LogP contribution >= 0.6 is 0 Å². The van der Waals surface area contributed by atoms with E-state index < -0.39 is 0 Å². The van der Waals surface area contributed by atoms with Gasteiger partial charge in [-0.25, -0.2) is 5.90 Å². The van der Waals surface area contributed by atoms with E-state index in [1.54, 1.807) is 0 Å². The summed E-state index contributed by atoms with van der Waals surface area (Å²) in [6.07, 6.45) is 9.68. The van der Waals surface area contributed by atoms with E-state index in [1.807, 2.05) is 0 Å². The molecule has 2 aliphatic rings. The summed E-state index contributed by atoms with van der Waals surface area (Å²) in [7, 11) is 0. The van der Waals surface area contributed by atoms with Gasteiger partial charge in [0.25, 0.3) is 0 Å². The number of rotatable bonds is 3. The molecule has 2 nitrogen and oxygen atoms in total. The van der Waals surface area contributed by atoms with Crippen molar-refractivity contribution in [1.82, 2.24) is 0 Å². The predicted octanol–water partition coefficient (Wildman–Crippen LogP) is 2.63.